The van der Waals surface area contributed by atoms with Crippen molar-refractivity contribution in [2.24, 2.45) is 0 Å². The molecule has 2 aliphatic carbocycles. The lowest BCUT2D eigenvalue weighted by atomic mass is 9.69. The Bertz CT molecular complexity index is 3370. The first kappa shape index (κ1) is 30.6. The predicted octanol–water partition coefficient (Wildman–Crippen LogP) is 12.4. The van der Waals surface area contributed by atoms with Crippen molar-refractivity contribution in [3.05, 3.63) is 193 Å². The highest BCUT2D eigenvalue weighted by atomic mass is 16.3. The second kappa shape index (κ2) is 11.2. The molecule has 264 valence electrons. The number of aromatic nitrogens is 4. The summed E-state index contributed by atoms with van der Waals surface area (Å²) in [5.74, 6) is 0.630. The third-order valence-electron chi connectivity index (χ3n) is 12.1. The van der Waals surface area contributed by atoms with Crippen LogP contribution in [0.25, 0.3) is 100 Å². The zero-order chi connectivity index (χ0) is 37.2. The van der Waals surface area contributed by atoms with Crippen molar-refractivity contribution < 1.29 is 8.83 Å². The molecule has 6 nitrogen and oxygen atoms in total. The minimum Gasteiger partial charge on any atom is -0.456 e. The Morgan fingerprint density at radius 1 is 0.386 bits per heavy atom. The lowest BCUT2D eigenvalue weighted by Crippen LogP contribution is -2.26. The van der Waals surface area contributed by atoms with Gasteiger partial charge < -0.3 is 8.83 Å². The lowest BCUT2D eigenvalue weighted by molar-refractivity contribution is 0.666. The van der Waals surface area contributed by atoms with Crippen molar-refractivity contribution in [2.45, 2.75) is 5.41 Å². The van der Waals surface area contributed by atoms with Crippen molar-refractivity contribution in [3.63, 3.8) is 0 Å². The topological polar surface area (TPSA) is 77.8 Å². The third kappa shape index (κ3) is 4.08. The van der Waals surface area contributed by atoms with E-state index in [9.17, 15) is 0 Å². The largest absolute Gasteiger partial charge is 0.456 e. The second-order valence-electron chi connectivity index (χ2n) is 14.9. The molecule has 57 heavy (non-hydrogen) atoms. The summed E-state index contributed by atoms with van der Waals surface area (Å²) >= 11 is 0. The smallest absolute Gasteiger partial charge is 0.160 e. The number of furan rings is 2. The maximum atomic E-state index is 6.79. The summed E-state index contributed by atoms with van der Waals surface area (Å²) < 4.78 is 13.4. The summed E-state index contributed by atoms with van der Waals surface area (Å²) in [4.78, 5) is 18.7. The fourth-order valence-corrected chi connectivity index (χ4v) is 9.77. The van der Waals surface area contributed by atoms with Crippen molar-refractivity contribution in [3.8, 4) is 56.2 Å². The molecule has 6 heteroatoms. The Balaban J connectivity index is 1.13. The molecule has 2 aliphatic rings. The number of pyridine rings is 2. The molecule has 0 N–H and O–H groups in total. The van der Waals surface area contributed by atoms with E-state index in [1.807, 2.05) is 30.3 Å². The third-order valence-corrected chi connectivity index (χ3v) is 12.1. The van der Waals surface area contributed by atoms with Gasteiger partial charge in [-0.25, -0.2) is 9.97 Å². The average molecular weight is 729 g/mol. The van der Waals surface area contributed by atoms with Gasteiger partial charge in [-0.2, -0.15) is 0 Å². The molecule has 5 heterocycles. The van der Waals surface area contributed by atoms with Crippen LogP contribution in [0.4, 0.5) is 0 Å². The summed E-state index contributed by atoms with van der Waals surface area (Å²) in [7, 11) is 0. The molecule has 0 aliphatic heterocycles. The predicted molar refractivity (Wildman–Crippen MR) is 225 cm³/mol. The zero-order valence-electron chi connectivity index (χ0n) is 30.3. The number of hydrogen-bond donors (Lipinski definition) is 0. The van der Waals surface area contributed by atoms with Crippen LogP contribution in [-0.2, 0) is 5.41 Å². The molecule has 11 aromatic rings. The van der Waals surface area contributed by atoms with Crippen LogP contribution < -0.4 is 0 Å². The van der Waals surface area contributed by atoms with Gasteiger partial charge >= 0.3 is 0 Å². The molecule has 0 saturated carbocycles. The van der Waals surface area contributed by atoms with Gasteiger partial charge in [0, 0.05) is 63.0 Å². The maximum absolute atomic E-state index is 6.79. The summed E-state index contributed by atoms with van der Waals surface area (Å²) in [6, 6.07) is 51.5. The van der Waals surface area contributed by atoms with Gasteiger partial charge in [-0.1, -0.05) is 72.8 Å². The van der Waals surface area contributed by atoms with Gasteiger partial charge in [0.1, 0.15) is 22.3 Å². The van der Waals surface area contributed by atoms with E-state index in [-0.39, 0.29) is 0 Å². The van der Waals surface area contributed by atoms with E-state index in [4.69, 9.17) is 18.8 Å². The van der Waals surface area contributed by atoms with Crippen molar-refractivity contribution in [1.29, 1.82) is 0 Å². The fraction of sp³-hybridized carbons (Fsp3) is 0.0196. The molecule has 0 amide bonds. The maximum Gasteiger partial charge on any atom is 0.160 e. The van der Waals surface area contributed by atoms with Gasteiger partial charge in [-0.15, -0.1) is 0 Å². The molecule has 0 saturated heterocycles. The van der Waals surface area contributed by atoms with Crippen molar-refractivity contribution >= 4 is 43.9 Å². The fourth-order valence-electron chi connectivity index (χ4n) is 9.77. The number of rotatable bonds is 3. The zero-order valence-corrected chi connectivity index (χ0v) is 30.3. The van der Waals surface area contributed by atoms with E-state index in [1.165, 1.54) is 44.5 Å². The summed E-state index contributed by atoms with van der Waals surface area (Å²) in [6.45, 7) is 0. The number of hydrogen-bond acceptors (Lipinski definition) is 6. The SMILES string of the molecule is c1ccc2c(c1)-c1ccccc1C21c2cc3oc4ccccc4c3cc2-c2ccc3oc4ccc(-c5cc(-c6ccncc6)nc(-c6ccncc6)n5)cc4c3c21. The minimum atomic E-state index is -0.616. The number of benzene rings is 6. The quantitative estimate of drug-likeness (QED) is 0.180. The van der Waals surface area contributed by atoms with Crippen molar-refractivity contribution in [2.75, 3.05) is 0 Å². The molecular weight excluding hydrogens is 701 g/mol. The minimum absolute atomic E-state index is 0.616. The first-order chi connectivity index (χ1) is 28.2. The van der Waals surface area contributed by atoms with Crippen LogP contribution in [-0.4, -0.2) is 19.9 Å². The Morgan fingerprint density at radius 2 is 1.02 bits per heavy atom. The van der Waals surface area contributed by atoms with E-state index in [0.29, 0.717) is 5.82 Å². The average Bonchev–Trinajstić information content (AvgIpc) is 4.00. The van der Waals surface area contributed by atoms with Gasteiger partial charge in [0.15, 0.2) is 5.82 Å². The van der Waals surface area contributed by atoms with E-state index in [2.05, 4.69) is 125 Å². The summed E-state index contributed by atoms with van der Waals surface area (Å²) in [6.07, 6.45) is 7.13. The van der Waals surface area contributed by atoms with Crippen molar-refractivity contribution in [1.82, 2.24) is 19.9 Å². The van der Waals surface area contributed by atoms with Crippen LogP contribution >= 0.6 is 0 Å². The molecule has 0 unspecified atom stereocenters. The standard InChI is InChI=1S/C51H28N4O2/c1-4-10-39-32(7-1)33-8-2-5-11-40(33)51(39)41-27-47-37(34-9-3-6-12-44(34)57-47)26-36(41)35-14-16-46-48(49(35)51)38-25-31(13-15-45(38)56-46)43-28-42(29-17-21-52-22-18-29)54-50(55-43)30-19-23-53-24-20-30/h1-28H. The van der Waals surface area contributed by atoms with Gasteiger partial charge in [-0.3, -0.25) is 9.97 Å². The Kier molecular flexibility index (Phi) is 6.00. The van der Waals surface area contributed by atoms with E-state index < -0.39 is 5.41 Å². The summed E-state index contributed by atoms with van der Waals surface area (Å²) in [5.41, 5.74) is 17.2. The molecule has 0 bridgehead atoms. The molecule has 0 radical (unpaired) electrons. The molecule has 13 rings (SSSR count). The van der Waals surface area contributed by atoms with E-state index in [1.54, 1.807) is 24.8 Å². The van der Waals surface area contributed by atoms with Crippen LogP contribution in [0.5, 0.6) is 0 Å². The summed E-state index contributed by atoms with van der Waals surface area (Å²) in [5, 5.41) is 4.38. The Morgan fingerprint density at radius 3 is 1.79 bits per heavy atom. The molecule has 5 aromatic heterocycles. The highest BCUT2D eigenvalue weighted by molar-refractivity contribution is 6.16. The highest BCUT2D eigenvalue weighted by Gasteiger charge is 2.53. The van der Waals surface area contributed by atoms with Gasteiger partial charge in [0.25, 0.3) is 0 Å². The molecular formula is C51H28N4O2. The first-order valence-corrected chi connectivity index (χ1v) is 19.1. The van der Waals surface area contributed by atoms with Gasteiger partial charge in [-0.05, 0) is 117 Å². The Labute approximate surface area is 325 Å². The van der Waals surface area contributed by atoms with Crippen LogP contribution in [0.15, 0.2) is 179 Å². The normalized spacial score (nSPS) is 13.4. The Hall–Kier alpha value is -7.70. The molecule has 0 fully saturated rings. The van der Waals surface area contributed by atoms with Crippen LogP contribution in [0.2, 0.25) is 0 Å². The van der Waals surface area contributed by atoms with Gasteiger partial charge in [0.2, 0.25) is 0 Å². The lowest BCUT2D eigenvalue weighted by Gasteiger charge is -2.31. The molecule has 1 spiro atoms. The number of fused-ring (bicyclic) bond motifs is 17. The molecule has 0 atom stereocenters. The second-order valence-corrected chi connectivity index (χ2v) is 14.9. The van der Waals surface area contributed by atoms with Gasteiger partial charge in [0.05, 0.1) is 16.8 Å². The number of para-hydroxylation sites is 1. The highest BCUT2D eigenvalue weighted by Crippen LogP contribution is 2.65. The van der Waals surface area contributed by atoms with E-state index in [0.717, 1.165) is 72.0 Å². The first-order valence-electron chi connectivity index (χ1n) is 19.1. The van der Waals surface area contributed by atoms with Crippen LogP contribution in [0, 0.1) is 0 Å². The molecule has 6 aromatic carbocycles. The van der Waals surface area contributed by atoms with Crippen LogP contribution in [0.3, 0.4) is 0 Å². The number of nitrogens with zero attached hydrogens (tertiary/aromatic N) is 4. The van der Waals surface area contributed by atoms with E-state index >= 15 is 0 Å². The monoisotopic (exact) mass is 728 g/mol. The van der Waals surface area contributed by atoms with Crippen LogP contribution in [0.1, 0.15) is 22.3 Å².